The largest absolute Gasteiger partial charge is 0.366 e. The maximum Gasteiger partial charge on any atom is 0.248 e. The summed E-state index contributed by atoms with van der Waals surface area (Å²) < 4.78 is 1.67. The minimum absolute atomic E-state index is 0.441. The number of allylic oxidation sites excluding steroid dienone is 1. The first-order chi connectivity index (χ1) is 12.5. The molecule has 3 N–H and O–H groups in total. The number of carbonyl (C=O) groups excluding carboxylic acids is 1. The van der Waals surface area contributed by atoms with Gasteiger partial charge in [-0.2, -0.15) is 4.98 Å². The van der Waals surface area contributed by atoms with Crippen LogP contribution < -0.4 is 11.1 Å². The molecule has 0 spiro atoms. The Labute approximate surface area is 154 Å². The average Bonchev–Trinajstić information content (AvgIpc) is 3.05. The Morgan fingerprint density at radius 1 is 1.19 bits per heavy atom. The monoisotopic (exact) mass is 366 g/mol. The molecule has 0 aliphatic carbocycles. The van der Waals surface area contributed by atoms with Gasteiger partial charge in [-0.25, -0.2) is 4.68 Å². The van der Waals surface area contributed by atoms with E-state index in [2.05, 4.69) is 20.4 Å². The van der Waals surface area contributed by atoms with Gasteiger partial charge >= 0.3 is 0 Å². The third kappa shape index (κ3) is 2.72. The molecule has 0 saturated carbocycles. The second-order valence-corrected chi connectivity index (χ2v) is 6.36. The fraction of sp³-hybridized carbons (Fsp3) is 0.111. The molecule has 7 nitrogen and oxygen atoms in total. The maximum absolute atomic E-state index is 12.1. The Bertz CT molecular complexity index is 1010. The van der Waals surface area contributed by atoms with E-state index in [1.54, 1.807) is 36.1 Å². The van der Waals surface area contributed by atoms with Crippen LogP contribution in [0.2, 0.25) is 5.02 Å². The van der Waals surface area contributed by atoms with Crippen molar-refractivity contribution in [1.82, 2.24) is 19.7 Å². The van der Waals surface area contributed by atoms with Crippen LogP contribution in [0.1, 0.15) is 18.5 Å². The van der Waals surface area contributed by atoms with E-state index in [4.69, 9.17) is 17.3 Å². The molecule has 2 aromatic heterocycles. The third-order valence-corrected chi connectivity index (χ3v) is 4.49. The molecule has 1 atom stereocenters. The van der Waals surface area contributed by atoms with Gasteiger partial charge < -0.3 is 11.1 Å². The van der Waals surface area contributed by atoms with Gasteiger partial charge in [0.2, 0.25) is 11.9 Å². The number of rotatable bonds is 3. The van der Waals surface area contributed by atoms with Crippen molar-refractivity contribution in [3.63, 3.8) is 0 Å². The van der Waals surface area contributed by atoms with E-state index in [0.29, 0.717) is 28.1 Å². The minimum atomic E-state index is -0.508. The molecule has 3 aromatic rings. The number of anilines is 1. The standard InChI is InChI=1S/C18H15ClN6O/c1-10-14(16(20)26)15(11-6-8-21-9-7-11)25-18(22-10)23-17(24-25)12-2-4-13(19)5-3-12/h2-9,15H,1H3,(H2,20,26)(H,22,23,24)/t15-/m1/s1. The number of benzene rings is 1. The van der Waals surface area contributed by atoms with Crippen LogP contribution in [0, 0.1) is 0 Å². The van der Waals surface area contributed by atoms with Gasteiger partial charge in [0.15, 0.2) is 5.82 Å². The summed E-state index contributed by atoms with van der Waals surface area (Å²) in [5.41, 5.74) is 8.42. The molecule has 1 aliphatic rings. The van der Waals surface area contributed by atoms with Crippen LogP contribution in [-0.2, 0) is 4.79 Å². The summed E-state index contributed by atoms with van der Waals surface area (Å²) in [7, 11) is 0. The van der Waals surface area contributed by atoms with Crippen molar-refractivity contribution in [3.05, 3.63) is 70.6 Å². The van der Waals surface area contributed by atoms with E-state index in [1.165, 1.54) is 0 Å². The molecule has 0 saturated heterocycles. The smallest absolute Gasteiger partial charge is 0.248 e. The Morgan fingerprint density at radius 3 is 2.54 bits per heavy atom. The maximum atomic E-state index is 12.1. The number of halogens is 1. The number of fused-ring (bicyclic) bond motifs is 1. The Hall–Kier alpha value is -3.19. The SMILES string of the molecule is CC1=C(C(N)=O)[C@@H](c2ccncc2)n2nc(-c3ccc(Cl)cc3)nc2N1. The molecule has 0 radical (unpaired) electrons. The predicted octanol–water partition coefficient (Wildman–Crippen LogP) is 2.77. The molecule has 0 bridgehead atoms. The summed E-state index contributed by atoms with van der Waals surface area (Å²) >= 11 is 5.95. The highest BCUT2D eigenvalue weighted by molar-refractivity contribution is 6.30. The lowest BCUT2D eigenvalue weighted by Crippen LogP contribution is -2.31. The zero-order valence-electron chi connectivity index (χ0n) is 13.8. The lowest BCUT2D eigenvalue weighted by atomic mass is 9.96. The second kappa shape index (κ2) is 6.27. The van der Waals surface area contributed by atoms with Crippen LogP contribution in [0.15, 0.2) is 60.1 Å². The Kier molecular flexibility index (Phi) is 3.93. The van der Waals surface area contributed by atoms with Crippen molar-refractivity contribution in [1.29, 1.82) is 0 Å². The first-order valence-corrected chi connectivity index (χ1v) is 8.32. The molecule has 8 heteroatoms. The van der Waals surface area contributed by atoms with Crippen molar-refractivity contribution < 1.29 is 4.79 Å². The predicted molar refractivity (Wildman–Crippen MR) is 98.4 cm³/mol. The van der Waals surface area contributed by atoms with E-state index in [1.807, 2.05) is 24.3 Å². The number of nitrogens with zero attached hydrogens (tertiary/aromatic N) is 4. The van der Waals surface area contributed by atoms with E-state index in [0.717, 1.165) is 11.1 Å². The first kappa shape index (κ1) is 16.3. The molecule has 4 rings (SSSR count). The van der Waals surface area contributed by atoms with Crippen LogP contribution >= 0.6 is 11.6 Å². The molecule has 3 heterocycles. The summed E-state index contributed by atoms with van der Waals surface area (Å²) in [5.74, 6) is 0.562. The molecule has 1 aliphatic heterocycles. The molecular weight excluding hydrogens is 352 g/mol. The number of carbonyl (C=O) groups is 1. The molecule has 0 fully saturated rings. The summed E-state index contributed by atoms with van der Waals surface area (Å²) in [6, 6.07) is 10.5. The normalized spacial score (nSPS) is 16.2. The molecule has 0 unspecified atom stereocenters. The highest BCUT2D eigenvalue weighted by Crippen LogP contribution is 2.35. The molecule has 1 amide bonds. The molecule has 26 heavy (non-hydrogen) atoms. The number of nitrogens with one attached hydrogen (secondary N) is 1. The quantitative estimate of drug-likeness (QED) is 0.742. The summed E-state index contributed by atoms with van der Waals surface area (Å²) in [6.07, 6.45) is 3.34. The molecule has 1 aromatic carbocycles. The van der Waals surface area contributed by atoms with Crippen LogP contribution in [0.5, 0.6) is 0 Å². The number of hydrogen-bond acceptors (Lipinski definition) is 5. The first-order valence-electron chi connectivity index (χ1n) is 7.94. The Balaban J connectivity index is 1.87. The van der Waals surface area contributed by atoms with Gasteiger partial charge in [-0.15, -0.1) is 5.10 Å². The topological polar surface area (TPSA) is 98.7 Å². The van der Waals surface area contributed by atoms with Crippen molar-refractivity contribution in [2.45, 2.75) is 13.0 Å². The number of nitrogens with two attached hydrogens (primary N) is 1. The van der Waals surface area contributed by atoms with E-state index in [9.17, 15) is 4.79 Å². The fourth-order valence-electron chi connectivity index (χ4n) is 3.05. The average molecular weight is 367 g/mol. The Morgan fingerprint density at radius 2 is 1.88 bits per heavy atom. The number of amides is 1. The minimum Gasteiger partial charge on any atom is -0.366 e. The number of pyridine rings is 1. The van der Waals surface area contributed by atoms with Crippen molar-refractivity contribution in [3.8, 4) is 11.4 Å². The van der Waals surface area contributed by atoms with Gasteiger partial charge in [0.05, 0.1) is 5.57 Å². The van der Waals surface area contributed by atoms with Crippen molar-refractivity contribution >= 4 is 23.5 Å². The third-order valence-electron chi connectivity index (χ3n) is 4.24. The van der Waals surface area contributed by atoms with Crippen molar-refractivity contribution in [2.24, 2.45) is 5.73 Å². The summed E-state index contributed by atoms with van der Waals surface area (Å²) in [4.78, 5) is 20.7. The highest BCUT2D eigenvalue weighted by Gasteiger charge is 2.33. The molecular formula is C18H15ClN6O. The lowest BCUT2D eigenvalue weighted by Gasteiger charge is -2.27. The van der Waals surface area contributed by atoms with Crippen LogP contribution in [0.25, 0.3) is 11.4 Å². The lowest BCUT2D eigenvalue weighted by molar-refractivity contribution is -0.115. The van der Waals surface area contributed by atoms with E-state index >= 15 is 0 Å². The van der Waals surface area contributed by atoms with Gasteiger partial charge in [-0.1, -0.05) is 11.6 Å². The van der Waals surface area contributed by atoms with Crippen LogP contribution in [0.4, 0.5) is 5.95 Å². The zero-order chi connectivity index (χ0) is 18.3. The summed E-state index contributed by atoms with van der Waals surface area (Å²) in [5, 5.41) is 8.37. The van der Waals surface area contributed by atoms with E-state index < -0.39 is 11.9 Å². The van der Waals surface area contributed by atoms with Gasteiger partial charge in [0, 0.05) is 28.7 Å². The number of primary amides is 1. The van der Waals surface area contributed by atoms with Gasteiger partial charge in [-0.05, 0) is 48.9 Å². The van der Waals surface area contributed by atoms with Crippen molar-refractivity contribution in [2.75, 3.05) is 5.32 Å². The number of aromatic nitrogens is 4. The van der Waals surface area contributed by atoms with Gasteiger partial charge in [-0.3, -0.25) is 9.78 Å². The highest BCUT2D eigenvalue weighted by atomic mass is 35.5. The van der Waals surface area contributed by atoms with Crippen LogP contribution in [-0.4, -0.2) is 25.7 Å². The summed E-state index contributed by atoms with van der Waals surface area (Å²) in [6.45, 7) is 1.80. The van der Waals surface area contributed by atoms with Gasteiger partial charge in [0.25, 0.3) is 0 Å². The number of hydrogen-bond donors (Lipinski definition) is 2. The fourth-order valence-corrected chi connectivity index (χ4v) is 3.17. The van der Waals surface area contributed by atoms with Crippen LogP contribution in [0.3, 0.4) is 0 Å². The van der Waals surface area contributed by atoms with E-state index in [-0.39, 0.29) is 0 Å². The van der Waals surface area contributed by atoms with Gasteiger partial charge in [0.1, 0.15) is 6.04 Å². The second-order valence-electron chi connectivity index (χ2n) is 5.92. The molecule has 130 valence electrons. The zero-order valence-corrected chi connectivity index (χ0v) is 14.6.